The topological polar surface area (TPSA) is 78.1 Å². The van der Waals surface area contributed by atoms with Gasteiger partial charge in [0.25, 0.3) is 5.56 Å². The molecule has 8 heteroatoms. The number of carbonyl (C=O) groups excluding carboxylic acids is 1. The Morgan fingerprint density at radius 1 is 1.16 bits per heavy atom. The van der Waals surface area contributed by atoms with Crippen LogP contribution in [0.1, 0.15) is 24.2 Å². The Morgan fingerprint density at radius 3 is 2.62 bits per heavy atom. The highest BCUT2D eigenvalue weighted by molar-refractivity contribution is 6.31. The van der Waals surface area contributed by atoms with Gasteiger partial charge >= 0.3 is 6.03 Å². The Kier molecular flexibility index (Phi) is 6.18. The van der Waals surface area contributed by atoms with E-state index in [1.165, 1.54) is 18.2 Å². The first-order valence-electron chi connectivity index (χ1n) is 9.97. The number of pyridine rings is 2. The van der Waals surface area contributed by atoms with E-state index in [4.69, 9.17) is 11.6 Å². The number of H-pyrrole nitrogens is 1. The number of hydrogen-bond donors (Lipinski definition) is 2. The summed E-state index contributed by atoms with van der Waals surface area (Å²) in [5, 5.41) is 3.99. The molecule has 0 aliphatic carbocycles. The summed E-state index contributed by atoms with van der Waals surface area (Å²) in [6, 6.07) is 15.9. The molecule has 1 atom stereocenters. The fourth-order valence-corrected chi connectivity index (χ4v) is 3.75. The van der Waals surface area contributed by atoms with Crippen LogP contribution in [0, 0.1) is 5.82 Å². The lowest BCUT2D eigenvalue weighted by Gasteiger charge is -2.30. The number of aromatic amines is 1. The SMILES string of the molecule is C[C@@H](c1c[nH]c(=O)c2ccccc12)N(Cc1ccccn1)C(=O)Nc1ccc(F)c(Cl)c1. The Bertz CT molecular complexity index is 1330. The van der Waals surface area contributed by atoms with E-state index < -0.39 is 17.9 Å². The van der Waals surface area contributed by atoms with E-state index in [0.717, 1.165) is 10.9 Å². The van der Waals surface area contributed by atoms with Gasteiger partial charge in [0.2, 0.25) is 0 Å². The van der Waals surface area contributed by atoms with Crippen LogP contribution in [-0.4, -0.2) is 20.9 Å². The van der Waals surface area contributed by atoms with Crippen LogP contribution in [0.4, 0.5) is 14.9 Å². The zero-order valence-electron chi connectivity index (χ0n) is 17.2. The molecule has 2 heterocycles. The van der Waals surface area contributed by atoms with Gasteiger partial charge in [-0.15, -0.1) is 0 Å². The predicted molar refractivity (Wildman–Crippen MR) is 123 cm³/mol. The van der Waals surface area contributed by atoms with Crippen LogP contribution < -0.4 is 10.9 Å². The molecule has 0 saturated carbocycles. The lowest BCUT2D eigenvalue weighted by atomic mass is 10.0. The highest BCUT2D eigenvalue weighted by atomic mass is 35.5. The molecule has 2 aromatic heterocycles. The van der Waals surface area contributed by atoms with Crippen molar-refractivity contribution in [3.63, 3.8) is 0 Å². The smallest absolute Gasteiger partial charge is 0.322 e. The molecule has 2 amide bonds. The molecule has 162 valence electrons. The van der Waals surface area contributed by atoms with E-state index in [2.05, 4.69) is 15.3 Å². The maximum Gasteiger partial charge on any atom is 0.322 e. The number of hydrogen-bond acceptors (Lipinski definition) is 3. The number of amides is 2. The molecule has 0 spiro atoms. The first kappa shape index (κ1) is 21.5. The molecule has 0 radical (unpaired) electrons. The number of fused-ring (bicyclic) bond motifs is 1. The molecule has 0 fully saturated rings. The number of carbonyl (C=O) groups is 1. The third-order valence-electron chi connectivity index (χ3n) is 5.25. The molecule has 6 nitrogen and oxygen atoms in total. The third-order valence-corrected chi connectivity index (χ3v) is 5.54. The van der Waals surface area contributed by atoms with E-state index in [9.17, 15) is 14.0 Å². The van der Waals surface area contributed by atoms with Crippen molar-refractivity contribution in [3.05, 3.63) is 106 Å². The second-order valence-corrected chi connectivity index (χ2v) is 7.71. The fourth-order valence-electron chi connectivity index (χ4n) is 3.57. The van der Waals surface area contributed by atoms with Gasteiger partial charge < -0.3 is 15.2 Å². The van der Waals surface area contributed by atoms with Crippen molar-refractivity contribution in [3.8, 4) is 0 Å². The number of anilines is 1. The largest absolute Gasteiger partial charge is 0.328 e. The van der Waals surface area contributed by atoms with Crippen LogP contribution in [0.25, 0.3) is 10.8 Å². The van der Waals surface area contributed by atoms with Gasteiger partial charge in [-0.1, -0.05) is 35.9 Å². The summed E-state index contributed by atoms with van der Waals surface area (Å²) >= 11 is 5.86. The van der Waals surface area contributed by atoms with Gasteiger partial charge in [-0.2, -0.15) is 0 Å². The molecule has 2 N–H and O–H groups in total. The minimum absolute atomic E-state index is 0.0845. The van der Waals surface area contributed by atoms with Gasteiger partial charge in [-0.05, 0) is 54.3 Å². The zero-order valence-corrected chi connectivity index (χ0v) is 17.9. The summed E-state index contributed by atoms with van der Waals surface area (Å²) in [5.74, 6) is -0.567. The van der Waals surface area contributed by atoms with Crippen molar-refractivity contribution in [1.82, 2.24) is 14.9 Å². The Balaban J connectivity index is 1.72. The molecule has 4 rings (SSSR count). The number of benzene rings is 2. The third kappa shape index (κ3) is 4.48. The van der Waals surface area contributed by atoms with Gasteiger partial charge in [-0.3, -0.25) is 9.78 Å². The number of halogens is 2. The normalized spacial score (nSPS) is 11.8. The molecular weight excluding hydrogens is 431 g/mol. The molecule has 0 saturated heterocycles. The standard InChI is InChI=1S/C24H20ClFN4O2/c1-15(20-13-28-23(31)19-8-3-2-7-18(19)20)30(14-17-6-4-5-11-27-17)24(32)29-16-9-10-22(26)21(25)12-16/h2-13,15H,14H2,1H3,(H,28,31)(H,29,32)/t15-/m0/s1. The van der Waals surface area contributed by atoms with Crippen molar-refractivity contribution in [1.29, 1.82) is 0 Å². The highest BCUT2D eigenvalue weighted by Gasteiger charge is 2.24. The first-order chi connectivity index (χ1) is 15.4. The van der Waals surface area contributed by atoms with Gasteiger partial charge in [0.15, 0.2) is 0 Å². The van der Waals surface area contributed by atoms with E-state index >= 15 is 0 Å². The summed E-state index contributed by atoms with van der Waals surface area (Å²) in [6.45, 7) is 2.09. The number of urea groups is 1. The van der Waals surface area contributed by atoms with Crippen molar-refractivity contribution in [2.45, 2.75) is 19.5 Å². The summed E-state index contributed by atoms with van der Waals surface area (Å²) in [4.78, 5) is 34.2. The number of rotatable bonds is 5. The Morgan fingerprint density at radius 2 is 1.91 bits per heavy atom. The first-order valence-corrected chi connectivity index (χ1v) is 10.3. The van der Waals surface area contributed by atoms with Crippen molar-refractivity contribution < 1.29 is 9.18 Å². The molecule has 2 aromatic carbocycles. The van der Waals surface area contributed by atoms with Gasteiger partial charge in [0, 0.05) is 23.5 Å². The van der Waals surface area contributed by atoms with Crippen LogP contribution >= 0.6 is 11.6 Å². The van der Waals surface area contributed by atoms with Gasteiger partial charge in [0.05, 0.1) is 23.3 Å². The number of nitrogens with one attached hydrogen (secondary N) is 2. The second-order valence-electron chi connectivity index (χ2n) is 7.30. The molecule has 0 bridgehead atoms. The van der Waals surface area contributed by atoms with Crippen LogP contribution in [0.3, 0.4) is 0 Å². The van der Waals surface area contributed by atoms with Crippen molar-refractivity contribution in [2.24, 2.45) is 0 Å². The minimum Gasteiger partial charge on any atom is -0.328 e. The Hall–Kier alpha value is -3.71. The summed E-state index contributed by atoms with van der Waals surface area (Å²) < 4.78 is 13.5. The monoisotopic (exact) mass is 450 g/mol. The fraction of sp³-hybridized carbons (Fsp3) is 0.125. The van der Waals surface area contributed by atoms with Crippen LogP contribution in [0.15, 0.2) is 77.9 Å². The van der Waals surface area contributed by atoms with E-state index in [-0.39, 0.29) is 17.1 Å². The molecular formula is C24H20ClFN4O2. The van der Waals surface area contributed by atoms with Gasteiger partial charge in [-0.25, -0.2) is 9.18 Å². The highest BCUT2D eigenvalue weighted by Crippen LogP contribution is 2.28. The van der Waals surface area contributed by atoms with E-state index in [1.54, 1.807) is 35.5 Å². The lowest BCUT2D eigenvalue weighted by molar-refractivity contribution is 0.188. The summed E-state index contributed by atoms with van der Waals surface area (Å²) in [6.07, 6.45) is 3.29. The maximum atomic E-state index is 13.5. The van der Waals surface area contributed by atoms with E-state index in [1.807, 2.05) is 31.2 Å². The average Bonchev–Trinajstić information content (AvgIpc) is 2.80. The second kappa shape index (κ2) is 9.20. The van der Waals surface area contributed by atoms with Crippen LogP contribution in [0.2, 0.25) is 5.02 Å². The lowest BCUT2D eigenvalue weighted by Crippen LogP contribution is -2.37. The summed E-state index contributed by atoms with van der Waals surface area (Å²) in [5.41, 5.74) is 1.65. The molecule has 32 heavy (non-hydrogen) atoms. The average molecular weight is 451 g/mol. The van der Waals surface area contributed by atoms with Crippen molar-refractivity contribution in [2.75, 3.05) is 5.32 Å². The predicted octanol–water partition coefficient (Wildman–Crippen LogP) is 5.51. The molecule has 0 aliphatic rings. The number of aromatic nitrogens is 2. The van der Waals surface area contributed by atoms with E-state index in [0.29, 0.717) is 16.8 Å². The van der Waals surface area contributed by atoms with Crippen LogP contribution in [0.5, 0.6) is 0 Å². The van der Waals surface area contributed by atoms with Gasteiger partial charge in [0.1, 0.15) is 5.82 Å². The number of nitrogens with zero attached hydrogens (tertiary/aromatic N) is 2. The molecule has 0 aliphatic heterocycles. The maximum absolute atomic E-state index is 13.5. The minimum atomic E-state index is -0.567. The van der Waals surface area contributed by atoms with Crippen LogP contribution in [-0.2, 0) is 6.54 Å². The molecule has 4 aromatic rings. The molecule has 0 unspecified atom stereocenters. The zero-order chi connectivity index (χ0) is 22.7. The Labute approximate surface area is 188 Å². The van der Waals surface area contributed by atoms with Crippen molar-refractivity contribution >= 4 is 34.1 Å². The quantitative estimate of drug-likeness (QED) is 0.420. The summed E-state index contributed by atoms with van der Waals surface area (Å²) in [7, 11) is 0.